The van der Waals surface area contributed by atoms with Crippen LogP contribution in [-0.4, -0.2) is 31.5 Å². The van der Waals surface area contributed by atoms with Gasteiger partial charge in [-0.1, -0.05) is 17.3 Å². The Labute approximate surface area is 122 Å². The highest BCUT2D eigenvalue weighted by Gasteiger charge is 2.21. The van der Waals surface area contributed by atoms with E-state index in [1.54, 1.807) is 24.3 Å². The van der Waals surface area contributed by atoms with Crippen LogP contribution in [0.4, 0.5) is 5.69 Å². The van der Waals surface area contributed by atoms with Crippen LogP contribution in [0.15, 0.2) is 58.8 Å². The van der Waals surface area contributed by atoms with Gasteiger partial charge in [-0.25, -0.2) is 8.42 Å². The second-order valence-electron chi connectivity index (χ2n) is 4.20. The van der Waals surface area contributed by atoms with Crippen molar-refractivity contribution in [2.24, 2.45) is 10.9 Å². The molecule has 0 radical (unpaired) electrons. The largest absolute Gasteiger partial charge is 0.409 e. The van der Waals surface area contributed by atoms with Crippen molar-refractivity contribution in [3.63, 3.8) is 0 Å². The molecule has 21 heavy (non-hydrogen) atoms. The second-order valence-corrected chi connectivity index (χ2v) is 6.17. The lowest BCUT2D eigenvalue weighted by Gasteiger charge is -2.19. The first-order valence-electron chi connectivity index (χ1n) is 5.93. The van der Waals surface area contributed by atoms with Gasteiger partial charge >= 0.3 is 0 Å². The van der Waals surface area contributed by atoms with Crippen LogP contribution in [0.5, 0.6) is 0 Å². The summed E-state index contributed by atoms with van der Waals surface area (Å²) in [4.78, 5) is 3.89. The van der Waals surface area contributed by atoms with Gasteiger partial charge in [0.1, 0.15) is 4.90 Å². The van der Waals surface area contributed by atoms with Crippen molar-refractivity contribution in [1.82, 2.24) is 4.98 Å². The van der Waals surface area contributed by atoms with Gasteiger partial charge in [0.05, 0.1) is 5.69 Å². The van der Waals surface area contributed by atoms with Crippen molar-refractivity contribution in [3.8, 4) is 0 Å². The molecule has 1 heterocycles. The third kappa shape index (κ3) is 2.95. The lowest BCUT2D eigenvalue weighted by atomic mass is 10.2. The minimum atomic E-state index is -3.71. The number of benzene rings is 1. The number of anilines is 1. The quantitative estimate of drug-likeness (QED) is 0.379. The molecule has 0 amide bonds. The van der Waals surface area contributed by atoms with Gasteiger partial charge in [-0.15, -0.1) is 0 Å². The Bertz CT molecular complexity index is 760. The first-order chi connectivity index (χ1) is 9.96. The number of oxime groups is 1. The summed E-state index contributed by atoms with van der Waals surface area (Å²) in [5.74, 6) is -0.0935. The van der Waals surface area contributed by atoms with Crippen molar-refractivity contribution in [2.45, 2.75) is 4.90 Å². The van der Waals surface area contributed by atoms with Gasteiger partial charge in [-0.3, -0.25) is 9.29 Å². The topological polar surface area (TPSA) is 109 Å². The summed E-state index contributed by atoms with van der Waals surface area (Å²) < 4.78 is 26.0. The summed E-state index contributed by atoms with van der Waals surface area (Å²) in [6.45, 7) is 0. The van der Waals surface area contributed by atoms with Crippen LogP contribution >= 0.6 is 0 Å². The number of sulfonamides is 1. The molecular formula is C13H14N4O3S. The van der Waals surface area contributed by atoms with E-state index in [4.69, 9.17) is 10.9 Å². The molecule has 0 aliphatic carbocycles. The van der Waals surface area contributed by atoms with Crippen molar-refractivity contribution < 1.29 is 13.6 Å². The van der Waals surface area contributed by atoms with Crippen LogP contribution in [0.3, 0.4) is 0 Å². The molecule has 1 aromatic carbocycles. The Morgan fingerprint density at radius 2 is 2.10 bits per heavy atom. The maximum absolute atomic E-state index is 12.5. The number of aromatic nitrogens is 1. The zero-order valence-corrected chi connectivity index (χ0v) is 12.0. The summed E-state index contributed by atoms with van der Waals surface area (Å²) in [5, 5.41) is 11.6. The molecule has 0 aliphatic heterocycles. The fourth-order valence-electron chi connectivity index (χ4n) is 1.72. The third-order valence-corrected chi connectivity index (χ3v) is 4.68. The number of nitrogens with zero attached hydrogens (tertiary/aromatic N) is 3. The van der Waals surface area contributed by atoms with Gasteiger partial charge in [0.2, 0.25) is 0 Å². The number of hydrogen-bond donors (Lipinski definition) is 2. The summed E-state index contributed by atoms with van der Waals surface area (Å²) >= 11 is 0. The molecule has 2 rings (SSSR count). The SMILES string of the molecule is CN(c1cccc(C(N)=NO)c1)S(=O)(=O)c1cccnc1. The van der Waals surface area contributed by atoms with Gasteiger partial charge in [0.15, 0.2) is 5.84 Å². The fourth-order valence-corrected chi connectivity index (χ4v) is 2.87. The molecule has 0 saturated heterocycles. The lowest BCUT2D eigenvalue weighted by molar-refractivity contribution is 0.318. The van der Waals surface area contributed by atoms with E-state index in [0.29, 0.717) is 11.3 Å². The highest BCUT2D eigenvalue weighted by Crippen LogP contribution is 2.22. The molecule has 8 heteroatoms. The molecular weight excluding hydrogens is 292 g/mol. The molecule has 3 N–H and O–H groups in total. The standard InChI is InChI=1S/C13H14N4O3S/c1-17(21(19,20)12-6-3-7-15-9-12)11-5-2-4-10(8-11)13(14)16-18/h2-9,18H,1H3,(H2,14,16). The van der Waals surface area contributed by atoms with Crippen LogP contribution in [0.2, 0.25) is 0 Å². The van der Waals surface area contributed by atoms with E-state index >= 15 is 0 Å². The Morgan fingerprint density at radius 1 is 1.33 bits per heavy atom. The minimum Gasteiger partial charge on any atom is -0.409 e. The van der Waals surface area contributed by atoms with Gasteiger partial charge in [-0.05, 0) is 24.3 Å². The number of hydrogen-bond acceptors (Lipinski definition) is 5. The summed E-state index contributed by atoms with van der Waals surface area (Å²) in [6.07, 6.45) is 2.78. The summed E-state index contributed by atoms with van der Waals surface area (Å²) in [7, 11) is -2.29. The van der Waals surface area contributed by atoms with E-state index < -0.39 is 10.0 Å². The smallest absolute Gasteiger partial charge is 0.265 e. The van der Waals surface area contributed by atoms with Gasteiger partial charge < -0.3 is 10.9 Å². The summed E-state index contributed by atoms with van der Waals surface area (Å²) in [5.41, 5.74) is 6.32. The second kappa shape index (κ2) is 5.80. The first-order valence-corrected chi connectivity index (χ1v) is 7.37. The summed E-state index contributed by atoms with van der Waals surface area (Å²) in [6, 6.07) is 9.38. The van der Waals surface area contributed by atoms with Crippen LogP contribution in [0, 0.1) is 0 Å². The molecule has 0 fully saturated rings. The molecule has 7 nitrogen and oxygen atoms in total. The number of amidine groups is 1. The first kappa shape index (κ1) is 14.8. The van der Waals surface area contributed by atoms with Gasteiger partial charge in [-0.2, -0.15) is 0 Å². The average molecular weight is 306 g/mol. The number of pyridine rings is 1. The Morgan fingerprint density at radius 3 is 2.71 bits per heavy atom. The predicted octanol–water partition coefficient (Wildman–Crippen LogP) is 1.00. The molecule has 110 valence electrons. The van der Waals surface area contributed by atoms with E-state index in [1.807, 2.05) is 0 Å². The Balaban J connectivity index is 2.43. The maximum atomic E-state index is 12.5. The molecule has 0 spiro atoms. The molecule has 0 atom stereocenters. The third-order valence-electron chi connectivity index (χ3n) is 2.91. The zero-order chi connectivity index (χ0) is 15.5. The van der Waals surface area contributed by atoms with E-state index in [-0.39, 0.29) is 10.7 Å². The monoisotopic (exact) mass is 306 g/mol. The molecule has 1 aromatic heterocycles. The molecule has 0 aliphatic rings. The predicted molar refractivity (Wildman–Crippen MR) is 78.8 cm³/mol. The lowest BCUT2D eigenvalue weighted by Crippen LogP contribution is -2.27. The zero-order valence-electron chi connectivity index (χ0n) is 11.2. The average Bonchev–Trinajstić information content (AvgIpc) is 2.54. The number of rotatable bonds is 4. The van der Waals surface area contributed by atoms with Crippen molar-refractivity contribution in [3.05, 3.63) is 54.4 Å². The van der Waals surface area contributed by atoms with E-state index in [1.165, 1.54) is 31.6 Å². The highest BCUT2D eigenvalue weighted by atomic mass is 32.2. The van der Waals surface area contributed by atoms with Crippen LogP contribution in [-0.2, 0) is 10.0 Å². The van der Waals surface area contributed by atoms with Crippen LogP contribution in [0.25, 0.3) is 0 Å². The van der Waals surface area contributed by atoms with E-state index in [2.05, 4.69) is 10.1 Å². The highest BCUT2D eigenvalue weighted by molar-refractivity contribution is 7.92. The van der Waals surface area contributed by atoms with Crippen molar-refractivity contribution >= 4 is 21.5 Å². The fraction of sp³-hybridized carbons (Fsp3) is 0.0769. The van der Waals surface area contributed by atoms with Gasteiger partial charge in [0.25, 0.3) is 10.0 Å². The molecule has 0 unspecified atom stereocenters. The van der Waals surface area contributed by atoms with Crippen molar-refractivity contribution in [2.75, 3.05) is 11.4 Å². The van der Waals surface area contributed by atoms with Crippen LogP contribution in [0.1, 0.15) is 5.56 Å². The Hall–Kier alpha value is -2.61. The van der Waals surface area contributed by atoms with Crippen LogP contribution < -0.4 is 10.0 Å². The molecule has 0 saturated carbocycles. The van der Waals surface area contributed by atoms with Gasteiger partial charge in [0, 0.05) is 25.0 Å². The molecule has 0 bridgehead atoms. The van der Waals surface area contributed by atoms with Crippen molar-refractivity contribution in [1.29, 1.82) is 0 Å². The van der Waals surface area contributed by atoms with E-state index in [0.717, 1.165) is 4.31 Å². The normalized spacial score (nSPS) is 12.1. The molecule has 2 aromatic rings. The van der Waals surface area contributed by atoms with E-state index in [9.17, 15) is 8.42 Å². The number of nitrogens with two attached hydrogens (primary N) is 1. The Kier molecular flexibility index (Phi) is 4.08. The maximum Gasteiger partial charge on any atom is 0.265 e. The minimum absolute atomic E-state index is 0.0849.